The van der Waals surface area contributed by atoms with Gasteiger partial charge in [-0.15, -0.1) is 0 Å². The molecule has 0 aromatic carbocycles. The van der Waals surface area contributed by atoms with Crippen LogP contribution in [-0.2, 0) is 10.0 Å². The molecule has 0 aliphatic carbocycles. The standard InChI is InChI=1S/C12H14ClF3N2O3S/c1-8-6-9(7-17-10(8)13)22(20,21)18-4-2-11(19,3-5-18)12(14,15)16/h6-7,19H,2-5H2,1H3. The van der Waals surface area contributed by atoms with Gasteiger partial charge in [-0.05, 0) is 31.4 Å². The molecular formula is C12H14ClF3N2O3S. The maximum absolute atomic E-state index is 12.7. The number of hydrogen-bond acceptors (Lipinski definition) is 4. The number of rotatable bonds is 2. The summed E-state index contributed by atoms with van der Waals surface area (Å²) < 4.78 is 63.9. The lowest BCUT2D eigenvalue weighted by molar-refractivity contribution is -0.270. The number of alkyl halides is 3. The minimum absolute atomic E-state index is 0.133. The number of pyridine rings is 1. The summed E-state index contributed by atoms with van der Waals surface area (Å²) in [5, 5.41) is 9.72. The number of sulfonamides is 1. The lowest BCUT2D eigenvalue weighted by Gasteiger charge is -2.38. The van der Waals surface area contributed by atoms with Crippen LogP contribution in [-0.4, -0.2) is 47.7 Å². The summed E-state index contributed by atoms with van der Waals surface area (Å²) >= 11 is 5.73. The second-order valence-electron chi connectivity index (χ2n) is 5.21. The second-order valence-corrected chi connectivity index (χ2v) is 7.51. The number of aliphatic hydroxyl groups is 1. The van der Waals surface area contributed by atoms with E-state index in [0.717, 1.165) is 10.5 Å². The van der Waals surface area contributed by atoms with Crippen LogP contribution in [0, 0.1) is 6.92 Å². The van der Waals surface area contributed by atoms with Crippen LogP contribution >= 0.6 is 11.6 Å². The van der Waals surface area contributed by atoms with Crippen molar-refractivity contribution in [1.29, 1.82) is 0 Å². The van der Waals surface area contributed by atoms with Crippen molar-refractivity contribution in [2.24, 2.45) is 0 Å². The van der Waals surface area contributed by atoms with Crippen molar-refractivity contribution in [3.05, 3.63) is 23.0 Å². The molecule has 0 radical (unpaired) electrons. The molecule has 1 N–H and O–H groups in total. The monoisotopic (exact) mass is 358 g/mol. The SMILES string of the molecule is Cc1cc(S(=O)(=O)N2CCC(O)(C(F)(F)F)CC2)cnc1Cl. The topological polar surface area (TPSA) is 70.5 Å². The van der Waals surface area contributed by atoms with Gasteiger partial charge >= 0.3 is 6.18 Å². The fourth-order valence-electron chi connectivity index (χ4n) is 2.20. The van der Waals surface area contributed by atoms with E-state index in [1.165, 1.54) is 6.07 Å². The average molecular weight is 359 g/mol. The number of aryl methyl sites for hydroxylation is 1. The van der Waals surface area contributed by atoms with Crippen molar-refractivity contribution in [3.63, 3.8) is 0 Å². The van der Waals surface area contributed by atoms with Gasteiger partial charge in [-0.1, -0.05) is 11.6 Å². The van der Waals surface area contributed by atoms with E-state index in [4.69, 9.17) is 11.6 Å². The first-order chi connectivity index (χ1) is 9.97. The Kier molecular flexibility index (Phi) is 4.46. The molecule has 5 nitrogen and oxygen atoms in total. The lowest BCUT2D eigenvalue weighted by atomic mass is 9.92. The van der Waals surface area contributed by atoms with Gasteiger partial charge in [-0.25, -0.2) is 13.4 Å². The molecule has 0 spiro atoms. The van der Waals surface area contributed by atoms with E-state index in [1.54, 1.807) is 6.92 Å². The molecule has 1 saturated heterocycles. The van der Waals surface area contributed by atoms with Gasteiger partial charge in [-0.2, -0.15) is 17.5 Å². The minimum atomic E-state index is -4.78. The maximum atomic E-state index is 12.7. The summed E-state index contributed by atoms with van der Waals surface area (Å²) in [4.78, 5) is 3.61. The van der Waals surface area contributed by atoms with Crippen LogP contribution in [0.2, 0.25) is 5.15 Å². The highest BCUT2D eigenvalue weighted by Gasteiger charge is 2.55. The van der Waals surface area contributed by atoms with Crippen LogP contribution in [0.25, 0.3) is 0 Å². The molecule has 0 amide bonds. The van der Waals surface area contributed by atoms with Crippen LogP contribution in [0.5, 0.6) is 0 Å². The van der Waals surface area contributed by atoms with Crippen LogP contribution < -0.4 is 0 Å². The largest absolute Gasteiger partial charge is 0.417 e. The predicted octanol–water partition coefficient (Wildman–Crippen LogP) is 2.12. The zero-order valence-corrected chi connectivity index (χ0v) is 13.1. The van der Waals surface area contributed by atoms with Gasteiger partial charge in [0, 0.05) is 19.3 Å². The quantitative estimate of drug-likeness (QED) is 0.822. The summed E-state index contributed by atoms with van der Waals surface area (Å²) in [5.41, 5.74) is -2.39. The first-order valence-corrected chi connectivity index (χ1v) is 8.20. The fraction of sp³-hybridized carbons (Fsp3) is 0.583. The zero-order chi connectivity index (χ0) is 16.8. The van der Waals surface area contributed by atoms with Crippen molar-refractivity contribution in [2.75, 3.05) is 13.1 Å². The summed E-state index contributed by atoms with van der Waals surface area (Å²) in [6.07, 6.45) is -5.11. The summed E-state index contributed by atoms with van der Waals surface area (Å²) in [7, 11) is -3.96. The first kappa shape index (κ1) is 17.5. The summed E-state index contributed by atoms with van der Waals surface area (Å²) in [5.74, 6) is 0. The van der Waals surface area contributed by atoms with Gasteiger partial charge in [0.25, 0.3) is 0 Å². The Labute approximate surface area is 130 Å². The van der Waals surface area contributed by atoms with Gasteiger partial charge < -0.3 is 5.11 Å². The molecule has 1 aliphatic rings. The van der Waals surface area contributed by atoms with Gasteiger partial charge in [-0.3, -0.25) is 0 Å². The van der Waals surface area contributed by atoms with Crippen LogP contribution in [0.1, 0.15) is 18.4 Å². The highest BCUT2D eigenvalue weighted by Crippen LogP contribution is 2.39. The van der Waals surface area contributed by atoms with Crippen molar-refractivity contribution < 1.29 is 26.7 Å². The Morgan fingerprint density at radius 1 is 1.36 bits per heavy atom. The van der Waals surface area contributed by atoms with E-state index in [2.05, 4.69) is 4.98 Å². The Morgan fingerprint density at radius 3 is 2.36 bits per heavy atom. The van der Waals surface area contributed by atoms with Crippen molar-refractivity contribution >= 4 is 21.6 Å². The van der Waals surface area contributed by atoms with Crippen LogP contribution in [0.15, 0.2) is 17.2 Å². The number of aromatic nitrogens is 1. The molecule has 124 valence electrons. The van der Waals surface area contributed by atoms with Gasteiger partial charge in [0.15, 0.2) is 5.60 Å². The highest BCUT2D eigenvalue weighted by molar-refractivity contribution is 7.89. The Morgan fingerprint density at radius 2 is 1.91 bits per heavy atom. The van der Waals surface area contributed by atoms with Crippen molar-refractivity contribution in [2.45, 2.75) is 36.4 Å². The molecule has 0 saturated carbocycles. The van der Waals surface area contributed by atoms with E-state index in [1.807, 2.05) is 0 Å². The molecular weight excluding hydrogens is 345 g/mol. The van der Waals surface area contributed by atoms with Gasteiger partial charge in [0.1, 0.15) is 10.0 Å². The molecule has 0 unspecified atom stereocenters. The predicted molar refractivity (Wildman–Crippen MR) is 73.0 cm³/mol. The molecule has 1 aliphatic heterocycles. The molecule has 1 aromatic rings. The van der Waals surface area contributed by atoms with Crippen molar-refractivity contribution in [1.82, 2.24) is 9.29 Å². The summed E-state index contributed by atoms with van der Waals surface area (Å²) in [6.45, 7) is 0.743. The smallest absolute Gasteiger partial charge is 0.380 e. The Bertz CT molecular complexity index is 671. The molecule has 2 rings (SSSR count). The Balaban J connectivity index is 2.21. The van der Waals surface area contributed by atoms with Gasteiger partial charge in [0.05, 0.1) is 0 Å². The molecule has 1 aromatic heterocycles. The van der Waals surface area contributed by atoms with Crippen molar-refractivity contribution in [3.8, 4) is 0 Å². The maximum Gasteiger partial charge on any atom is 0.417 e. The van der Waals surface area contributed by atoms with Crippen LogP contribution in [0.4, 0.5) is 13.2 Å². The normalized spacial score (nSPS) is 20.1. The first-order valence-electron chi connectivity index (χ1n) is 6.39. The van der Waals surface area contributed by atoms with E-state index in [-0.39, 0.29) is 10.0 Å². The third-order valence-electron chi connectivity index (χ3n) is 3.70. The van der Waals surface area contributed by atoms with E-state index < -0.39 is 47.7 Å². The Hall–Kier alpha value is -0.900. The van der Waals surface area contributed by atoms with Gasteiger partial charge in [0.2, 0.25) is 10.0 Å². The number of piperidine rings is 1. The molecule has 0 atom stereocenters. The summed E-state index contributed by atoms with van der Waals surface area (Å²) in [6, 6.07) is 1.31. The number of hydrogen-bond donors (Lipinski definition) is 1. The third kappa shape index (κ3) is 3.08. The van der Waals surface area contributed by atoms with E-state index >= 15 is 0 Å². The number of nitrogens with zero attached hydrogens (tertiary/aromatic N) is 2. The van der Waals surface area contributed by atoms with Crippen LogP contribution in [0.3, 0.4) is 0 Å². The molecule has 1 fully saturated rings. The van der Waals surface area contributed by atoms with E-state index in [0.29, 0.717) is 5.56 Å². The average Bonchev–Trinajstić information content (AvgIpc) is 2.41. The molecule has 0 bridgehead atoms. The molecule has 2 heterocycles. The minimum Gasteiger partial charge on any atom is -0.380 e. The second kappa shape index (κ2) is 5.63. The zero-order valence-electron chi connectivity index (χ0n) is 11.6. The van der Waals surface area contributed by atoms with E-state index in [9.17, 15) is 26.7 Å². The molecule has 10 heteroatoms. The fourth-order valence-corrected chi connectivity index (χ4v) is 3.78. The molecule has 22 heavy (non-hydrogen) atoms. The number of halogens is 4. The lowest BCUT2D eigenvalue weighted by Crippen LogP contribution is -2.54. The third-order valence-corrected chi connectivity index (χ3v) is 5.96. The highest BCUT2D eigenvalue weighted by atomic mass is 35.5.